The Kier molecular flexibility index (Phi) is 10.7. The SMILES string of the molecule is C(=C\c1cccc(-c2cccc3c(-c4c5ccccc5c(-c5cccc6c(-c7cccc(/C=C/c8ccccc8)c7)cccc56)c5c(-c6ccccc6)cccc45)cccc23)c1)/c1ccccc1. The first kappa shape index (κ1) is 40.7. The van der Waals surface area contributed by atoms with Crippen molar-refractivity contribution in [3.63, 3.8) is 0 Å². The predicted molar refractivity (Wildman–Crippen MR) is 294 cm³/mol. The van der Waals surface area contributed by atoms with Gasteiger partial charge < -0.3 is 0 Å². The quantitative estimate of drug-likeness (QED) is 0.100. The smallest absolute Gasteiger partial charge is 0.00139 e. The molecular formula is C68H46. The Morgan fingerprint density at radius 1 is 0.191 bits per heavy atom. The number of benzene rings is 12. The molecule has 0 fully saturated rings. The highest BCUT2D eigenvalue weighted by Crippen LogP contribution is 2.50. The summed E-state index contributed by atoms with van der Waals surface area (Å²) in [6.07, 6.45) is 8.79. The van der Waals surface area contributed by atoms with Gasteiger partial charge in [0.2, 0.25) is 0 Å². The molecule has 0 spiro atoms. The van der Waals surface area contributed by atoms with Gasteiger partial charge in [0.15, 0.2) is 0 Å². The summed E-state index contributed by atoms with van der Waals surface area (Å²) in [7, 11) is 0. The largest absolute Gasteiger partial charge is 0.0622 e. The van der Waals surface area contributed by atoms with Gasteiger partial charge in [0.05, 0.1) is 0 Å². The molecule has 0 aliphatic rings. The van der Waals surface area contributed by atoms with Crippen molar-refractivity contribution in [1.82, 2.24) is 0 Å². The topological polar surface area (TPSA) is 0 Å². The van der Waals surface area contributed by atoms with Gasteiger partial charge in [0.25, 0.3) is 0 Å². The fourth-order valence-electron chi connectivity index (χ4n) is 10.3. The molecule has 0 unspecified atom stereocenters. The lowest BCUT2D eigenvalue weighted by atomic mass is 9.80. The molecule has 0 radical (unpaired) electrons. The highest BCUT2D eigenvalue weighted by Gasteiger charge is 2.22. The van der Waals surface area contributed by atoms with Gasteiger partial charge in [-0.1, -0.05) is 267 Å². The second-order valence-corrected chi connectivity index (χ2v) is 17.5. The fraction of sp³-hybridized carbons (Fsp3) is 0. The molecule has 0 nitrogen and oxygen atoms in total. The highest BCUT2D eigenvalue weighted by atomic mass is 14.3. The third-order valence-electron chi connectivity index (χ3n) is 13.4. The second-order valence-electron chi connectivity index (χ2n) is 17.5. The van der Waals surface area contributed by atoms with Crippen molar-refractivity contribution in [3.05, 3.63) is 277 Å². The van der Waals surface area contributed by atoms with E-state index in [1.165, 1.54) is 121 Å². The first-order valence-electron chi connectivity index (χ1n) is 23.5. The zero-order valence-electron chi connectivity index (χ0n) is 37.6. The maximum Gasteiger partial charge on any atom is -0.00139 e. The Labute approximate surface area is 398 Å². The van der Waals surface area contributed by atoms with E-state index in [-0.39, 0.29) is 0 Å². The van der Waals surface area contributed by atoms with E-state index in [4.69, 9.17) is 0 Å². The van der Waals surface area contributed by atoms with Crippen molar-refractivity contribution in [2.24, 2.45) is 0 Å². The molecule has 0 saturated carbocycles. The van der Waals surface area contributed by atoms with Crippen LogP contribution in [0.3, 0.4) is 0 Å². The minimum absolute atomic E-state index is 1.17. The van der Waals surface area contributed by atoms with Crippen LogP contribution in [0.2, 0.25) is 0 Å². The van der Waals surface area contributed by atoms with Crippen LogP contribution in [0.25, 0.3) is 123 Å². The summed E-state index contributed by atoms with van der Waals surface area (Å²) >= 11 is 0. The van der Waals surface area contributed by atoms with Crippen molar-refractivity contribution < 1.29 is 0 Å². The minimum atomic E-state index is 1.17. The zero-order chi connectivity index (χ0) is 45.2. The van der Waals surface area contributed by atoms with Crippen LogP contribution in [0.15, 0.2) is 255 Å². The summed E-state index contributed by atoms with van der Waals surface area (Å²) in [5.74, 6) is 0. The molecule has 12 rings (SSSR count). The van der Waals surface area contributed by atoms with E-state index in [2.05, 4.69) is 279 Å². The van der Waals surface area contributed by atoms with E-state index in [0.717, 1.165) is 0 Å². The van der Waals surface area contributed by atoms with Gasteiger partial charge in [-0.25, -0.2) is 0 Å². The van der Waals surface area contributed by atoms with Gasteiger partial charge in [0, 0.05) is 0 Å². The summed E-state index contributed by atoms with van der Waals surface area (Å²) in [4.78, 5) is 0. The van der Waals surface area contributed by atoms with Crippen LogP contribution in [0.1, 0.15) is 22.3 Å². The Morgan fingerprint density at radius 2 is 0.515 bits per heavy atom. The molecule has 318 valence electrons. The van der Waals surface area contributed by atoms with Gasteiger partial charge in [0.1, 0.15) is 0 Å². The molecule has 0 bridgehead atoms. The van der Waals surface area contributed by atoms with Gasteiger partial charge in [-0.15, -0.1) is 0 Å². The van der Waals surface area contributed by atoms with E-state index in [1.807, 2.05) is 0 Å². The van der Waals surface area contributed by atoms with E-state index < -0.39 is 0 Å². The van der Waals surface area contributed by atoms with Crippen molar-refractivity contribution in [2.75, 3.05) is 0 Å². The molecule has 0 amide bonds. The fourth-order valence-corrected chi connectivity index (χ4v) is 10.3. The van der Waals surface area contributed by atoms with E-state index in [0.29, 0.717) is 0 Å². The molecular weight excluding hydrogens is 817 g/mol. The number of hydrogen-bond donors (Lipinski definition) is 0. The lowest BCUT2D eigenvalue weighted by molar-refractivity contribution is 1.61. The van der Waals surface area contributed by atoms with Gasteiger partial charge in [-0.3, -0.25) is 0 Å². The predicted octanol–water partition coefficient (Wildman–Crippen LogP) is 19.0. The molecule has 0 aliphatic heterocycles. The number of rotatable bonds is 9. The maximum atomic E-state index is 2.35. The molecule has 12 aromatic carbocycles. The Hall–Kier alpha value is -8.84. The summed E-state index contributed by atoms with van der Waals surface area (Å²) in [5.41, 5.74) is 16.9. The van der Waals surface area contributed by atoms with Gasteiger partial charge in [-0.2, -0.15) is 0 Å². The average molecular weight is 863 g/mol. The Bertz CT molecular complexity index is 3870. The van der Waals surface area contributed by atoms with Crippen LogP contribution < -0.4 is 0 Å². The van der Waals surface area contributed by atoms with Crippen molar-refractivity contribution in [1.29, 1.82) is 0 Å². The zero-order valence-corrected chi connectivity index (χ0v) is 37.6. The molecule has 12 aromatic rings. The van der Waals surface area contributed by atoms with Gasteiger partial charge in [-0.05, 0) is 133 Å². The summed E-state index contributed by atoms with van der Waals surface area (Å²) in [6.45, 7) is 0. The number of fused-ring (bicyclic) bond motifs is 4. The molecule has 0 atom stereocenters. The first-order chi connectivity index (χ1) is 33.7. The molecule has 0 heteroatoms. The van der Waals surface area contributed by atoms with Crippen molar-refractivity contribution in [3.8, 4) is 55.6 Å². The summed E-state index contributed by atoms with van der Waals surface area (Å²) in [6, 6.07) is 93.1. The maximum absolute atomic E-state index is 2.35. The van der Waals surface area contributed by atoms with Crippen molar-refractivity contribution >= 4 is 67.4 Å². The Morgan fingerprint density at radius 3 is 1.03 bits per heavy atom. The monoisotopic (exact) mass is 862 g/mol. The first-order valence-corrected chi connectivity index (χ1v) is 23.5. The molecule has 68 heavy (non-hydrogen) atoms. The second kappa shape index (κ2) is 17.9. The van der Waals surface area contributed by atoms with E-state index in [9.17, 15) is 0 Å². The van der Waals surface area contributed by atoms with Crippen molar-refractivity contribution in [2.45, 2.75) is 0 Å². The molecule has 0 heterocycles. The molecule has 0 saturated heterocycles. The molecule has 0 aliphatic carbocycles. The van der Waals surface area contributed by atoms with Crippen LogP contribution in [0.5, 0.6) is 0 Å². The minimum Gasteiger partial charge on any atom is -0.0622 e. The highest BCUT2D eigenvalue weighted by molar-refractivity contribution is 6.28. The normalized spacial score (nSPS) is 11.7. The Balaban J connectivity index is 1.07. The lowest BCUT2D eigenvalue weighted by Gasteiger charge is -2.22. The van der Waals surface area contributed by atoms with E-state index in [1.54, 1.807) is 0 Å². The van der Waals surface area contributed by atoms with Crippen LogP contribution in [0, 0.1) is 0 Å². The molecule has 0 aromatic heterocycles. The number of hydrogen-bond acceptors (Lipinski definition) is 0. The lowest BCUT2D eigenvalue weighted by Crippen LogP contribution is -1.95. The average Bonchev–Trinajstić information content (AvgIpc) is 3.41. The summed E-state index contributed by atoms with van der Waals surface area (Å²) in [5, 5.41) is 9.88. The van der Waals surface area contributed by atoms with Crippen LogP contribution in [-0.4, -0.2) is 0 Å². The van der Waals surface area contributed by atoms with Crippen LogP contribution in [-0.2, 0) is 0 Å². The third kappa shape index (κ3) is 7.59. The third-order valence-corrected chi connectivity index (χ3v) is 13.4. The van der Waals surface area contributed by atoms with Crippen LogP contribution >= 0.6 is 0 Å². The molecule has 0 N–H and O–H groups in total. The van der Waals surface area contributed by atoms with Crippen LogP contribution in [0.4, 0.5) is 0 Å². The van der Waals surface area contributed by atoms with E-state index >= 15 is 0 Å². The summed E-state index contributed by atoms with van der Waals surface area (Å²) < 4.78 is 0. The van der Waals surface area contributed by atoms with Gasteiger partial charge >= 0.3 is 0 Å². The standard InChI is InChI=1S/C68H46/c1-4-19-47(20-5-1)41-43-49-23-12-27-52(45-49)54-31-14-36-59-57(54)34-17-38-61(59)66-63-29-10-11-30-64(63)68(67-56(33-16-40-65(66)67)51-25-8-3-9-26-51)62-39-18-35-58-55(32-15-37-60(58)62)53-28-13-24-50(46-53)44-42-48-21-6-2-7-22-48/h1-46H/b43-41+,44-42+.